The number of hydrogen-bond donors (Lipinski definition) is 4. The molecule has 1 saturated carbocycles. The van der Waals surface area contributed by atoms with Crippen LogP contribution in [0.15, 0.2) is 0 Å². The minimum absolute atomic E-state index is 0.181. The summed E-state index contributed by atoms with van der Waals surface area (Å²) in [6.45, 7) is 0. The van der Waals surface area contributed by atoms with E-state index in [0.29, 0.717) is 5.78 Å². The molecule has 0 radical (unpaired) electrons. The summed E-state index contributed by atoms with van der Waals surface area (Å²) in [6, 6.07) is 0. The molecule has 0 heterocycles. The molecule has 0 aromatic rings. The van der Waals surface area contributed by atoms with E-state index in [2.05, 4.69) is 0 Å². The zero-order valence-corrected chi connectivity index (χ0v) is 8.31. The normalized spacial score (nSPS) is 13.3. The fourth-order valence-corrected chi connectivity index (χ4v) is 0.946. The van der Waals surface area contributed by atoms with Gasteiger partial charge in [-0.2, -0.15) is 0 Å². The summed E-state index contributed by atoms with van der Waals surface area (Å²) in [7, 11) is 0. The van der Waals surface area contributed by atoms with Crippen LogP contribution in [0.25, 0.3) is 0 Å². The predicted molar refractivity (Wildman–Crippen MR) is 50.1 cm³/mol. The van der Waals surface area contributed by atoms with E-state index in [1.807, 2.05) is 0 Å². The Bertz CT molecular complexity index is 158. The molecule has 0 aromatic heterocycles. The van der Waals surface area contributed by atoms with Crippen molar-refractivity contribution in [3.05, 3.63) is 0 Å². The van der Waals surface area contributed by atoms with Crippen LogP contribution in [0.3, 0.4) is 0 Å². The Morgan fingerprint density at radius 1 is 0.933 bits per heavy atom. The monoisotopic (exact) mass is 220 g/mol. The molecule has 2 amide bonds. The minimum atomic E-state index is 0.181. The van der Waals surface area contributed by atoms with Crippen molar-refractivity contribution in [2.45, 2.75) is 32.1 Å². The minimum Gasteiger partial charge on any atom is -0.300 e. The van der Waals surface area contributed by atoms with Gasteiger partial charge in [0, 0.05) is 12.8 Å². The number of carbonyl (C=O) groups excluding carboxylic acids is 3. The highest BCUT2D eigenvalue weighted by atomic mass is 16.5. The van der Waals surface area contributed by atoms with E-state index in [4.69, 9.17) is 20.0 Å². The molecule has 1 aliphatic carbocycles. The summed E-state index contributed by atoms with van der Waals surface area (Å²) < 4.78 is 0. The lowest BCUT2D eigenvalue weighted by molar-refractivity contribution is -0.120. The topological polar surface area (TPSA) is 116 Å². The summed E-state index contributed by atoms with van der Waals surface area (Å²) in [5, 5.41) is 14.5. The van der Waals surface area contributed by atoms with Crippen molar-refractivity contribution in [1.82, 2.24) is 11.0 Å². The van der Waals surface area contributed by atoms with E-state index in [1.165, 1.54) is 17.4 Å². The molecule has 0 aliphatic heterocycles. The summed E-state index contributed by atoms with van der Waals surface area (Å²) in [5.41, 5.74) is 2.50. The first-order chi connectivity index (χ1) is 7.22. The van der Waals surface area contributed by atoms with Crippen LogP contribution in [0.4, 0.5) is 0 Å². The third-order valence-electron chi connectivity index (χ3n) is 1.52. The maximum atomic E-state index is 10.5. The Hall–Kier alpha value is -1.47. The van der Waals surface area contributed by atoms with Gasteiger partial charge in [0.1, 0.15) is 5.78 Å². The summed E-state index contributed by atoms with van der Waals surface area (Å²) in [5.74, 6) is 0.464. The quantitative estimate of drug-likeness (QED) is 0.291. The van der Waals surface area contributed by atoms with E-state index in [0.717, 1.165) is 25.7 Å². The Labute approximate surface area is 87.4 Å². The molecule has 0 aromatic carbocycles. The molecule has 0 unspecified atom stereocenters. The van der Waals surface area contributed by atoms with Crippen LogP contribution in [0, 0.1) is 0 Å². The first-order valence-corrected chi connectivity index (χ1v) is 4.41. The molecule has 1 aliphatic rings. The molecule has 88 valence electrons. The standard InChI is InChI=1S/C6H10O.2CH3NO2/c7-6-4-2-1-3-5-6;2*3-1-2-4/h1-5H2;2*1,4H,(H,2,3). The molecular weight excluding hydrogens is 204 g/mol. The van der Waals surface area contributed by atoms with Crippen molar-refractivity contribution >= 4 is 18.6 Å². The average Bonchev–Trinajstić information content (AvgIpc) is 2.31. The summed E-state index contributed by atoms with van der Waals surface area (Å²) >= 11 is 0. The zero-order valence-electron chi connectivity index (χ0n) is 8.31. The molecule has 0 atom stereocenters. The average molecular weight is 220 g/mol. The van der Waals surface area contributed by atoms with Gasteiger partial charge in [0.05, 0.1) is 0 Å². The molecule has 7 heteroatoms. The molecular formula is C8H16N2O5. The SMILES string of the molecule is O=C1CCCCC1.O=CNO.O=CNO. The highest BCUT2D eigenvalue weighted by Crippen LogP contribution is 2.12. The van der Waals surface area contributed by atoms with Gasteiger partial charge in [0.25, 0.3) is 0 Å². The molecule has 1 fully saturated rings. The molecule has 15 heavy (non-hydrogen) atoms. The van der Waals surface area contributed by atoms with Crippen LogP contribution >= 0.6 is 0 Å². The number of hydrogen-bond acceptors (Lipinski definition) is 5. The smallest absolute Gasteiger partial charge is 0.230 e. The number of hydroxylamine groups is 2. The van der Waals surface area contributed by atoms with Crippen molar-refractivity contribution in [2.24, 2.45) is 0 Å². The number of amides is 2. The third-order valence-corrected chi connectivity index (χ3v) is 1.52. The van der Waals surface area contributed by atoms with Crippen LogP contribution in [0.2, 0.25) is 0 Å². The number of ketones is 1. The van der Waals surface area contributed by atoms with Gasteiger partial charge in [-0.15, -0.1) is 0 Å². The fourth-order valence-electron chi connectivity index (χ4n) is 0.946. The van der Waals surface area contributed by atoms with Gasteiger partial charge in [-0.25, -0.2) is 11.0 Å². The van der Waals surface area contributed by atoms with Gasteiger partial charge in [-0.05, 0) is 12.8 Å². The molecule has 4 N–H and O–H groups in total. The van der Waals surface area contributed by atoms with Crippen LogP contribution < -0.4 is 11.0 Å². The van der Waals surface area contributed by atoms with Crippen molar-refractivity contribution in [2.75, 3.05) is 0 Å². The number of rotatable bonds is 2. The summed E-state index contributed by atoms with van der Waals surface area (Å²) in [4.78, 5) is 28.1. The Morgan fingerprint density at radius 3 is 1.40 bits per heavy atom. The van der Waals surface area contributed by atoms with E-state index in [9.17, 15) is 4.79 Å². The van der Waals surface area contributed by atoms with E-state index < -0.39 is 0 Å². The lowest BCUT2D eigenvalue weighted by Gasteiger charge is -2.05. The second kappa shape index (κ2) is 15.0. The Balaban J connectivity index is 0. The molecule has 7 nitrogen and oxygen atoms in total. The second-order valence-corrected chi connectivity index (χ2v) is 2.59. The van der Waals surface area contributed by atoms with E-state index in [1.54, 1.807) is 0 Å². The lowest BCUT2D eigenvalue weighted by atomic mass is 10.00. The van der Waals surface area contributed by atoms with E-state index >= 15 is 0 Å². The van der Waals surface area contributed by atoms with Crippen molar-refractivity contribution in [1.29, 1.82) is 0 Å². The second-order valence-electron chi connectivity index (χ2n) is 2.59. The van der Waals surface area contributed by atoms with Gasteiger partial charge in [-0.1, -0.05) is 6.42 Å². The first-order valence-electron chi connectivity index (χ1n) is 4.41. The van der Waals surface area contributed by atoms with Crippen LogP contribution in [-0.4, -0.2) is 29.0 Å². The van der Waals surface area contributed by atoms with Gasteiger partial charge in [0.2, 0.25) is 12.8 Å². The molecule has 0 saturated heterocycles. The van der Waals surface area contributed by atoms with Crippen LogP contribution in [-0.2, 0) is 14.4 Å². The van der Waals surface area contributed by atoms with Gasteiger partial charge < -0.3 is 0 Å². The zero-order chi connectivity index (χ0) is 11.9. The van der Waals surface area contributed by atoms with Crippen molar-refractivity contribution in [3.8, 4) is 0 Å². The Morgan fingerprint density at radius 2 is 1.27 bits per heavy atom. The van der Waals surface area contributed by atoms with Gasteiger partial charge in [0.15, 0.2) is 0 Å². The highest BCUT2D eigenvalue weighted by Gasteiger charge is 2.05. The van der Waals surface area contributed by atoms with Crippen molar-refractivity contribution < 1.29 is 24.8 Å². The van der Waals surface area contributed by atoms with Crippen LogP contribution in [0.1, 0.15) is 32.1 Å². The fraction of sp³-hybridized carbons (Fsp3) is 0.625. The Kier molecular flexibility index (Phi) is 16.0. The van der Waals surface area contributed by atoms with Gasteiger partial charge in [-0.3, -0.25) is 24.8 Å². The molecule has 1 rings (SSSR count). The number of Topliss-reactive ketones (excluding diaryl/α,β-unsaturated/α-hetero) is 1. The van der Waals surface area contributed by atoms with Crippen molar-refractivity contribution in [3.63, 3.8) is 0 Å². The predicted octanol–water partition coefficient (Wildman–Crippen LogP) is -0.237. The van der Waals surface area contributed by atoms with Gasteiger partial charge >= 0.3 is 0 Å². The maximum absolute atomic E-state index is 10.5. The lowest BCUT2D eigenvalue weighted by Crippen LogP contribution is -2.02. The molecule has 0 spiro atoms. The summed E-state index contributed by atoms with van der Waals surface area (Å²) in [6.07, 6.45) is 5.60. The number of nitrogens with one attached hydrogen (secondary N) is 2. The van der Waals surface area contributed by atoms with Crippen LogP contribution in [0.5, 0.6) is 0 Å². The van der Waals surface area contributed by atoms with E-state index in [-0.39, 0.29) is 12.8 Å². The first kappa shape index (κ1) is 16.0. The highest BCUT2D eigenvalue weighted by molar-refractivity contribution is 5.78. The molecule has 0 bridgehead atoms. The number of carbonyl (C=O) groups is 3. The maximum Gasteiger partial charge on any atom is 0.230 e. The largest absolute Gasteiger partial charge is 0.300 e. The third kappa shape index (κ3) is 19.1.